The highest BCUT2D eigenvalue weighted by molar-refractivity contribution is 7.82. The van der Waals surface area contributed by atoms with Crippen molar-refractivity contribution in [2.24, 2.45) is 0 Å². The van der Waals surface area contributed by atoms with E-state index in [1.165, 1.54) is 0 Å². The highest BCUT2D eigenvalue weighted by Crippen LogP contribution is 2.07. The molecule has 0 saturated carbocycles. The molecule has 0 aliphatic heterocycles. The van der Waals surface area contributed by atoms with E-state index in [9.17, 15) is 0 Å². The van der Waals surface area contributed by atoms with E-state index in [1.807, 2.05) is 0 Å². The van der Waals surface area contributed by atoms with Crippen LogP contribution in [0.2, 0.25) is 0 Å². The molecule has 0 unspecified atom stereocenters. The normalized spacial score (nSPS) is 10.3. The van der Waals surface area contributed by atoms with Crippen LogP contribution < -0.4 is 0 Å². The molecule has 112 valence electrons. The summed E-state index contributed by atoms with van der Waals surface area (Å²) < 4.78 is 0. The van der Waals surface area contributed by atoms with E-state index in [2.05, 4.69) is 37.5 Å². The molecule has 0 aromatic rings. The molecule has 2 nitrogen and oxygen atoms in total. The van der Waals surface area contributed by atoms with Crippen LogP contribution in [0.4, 0.5) is 0 Å². The van der Waals surface area contributed by atoms with Gasteiger partial charge in [0.1, 0.15) is 0 Å². The fourth-order valence-electron chi connectivity index (χ4n) is 2.16. The van der Waals surface area contributed by atoms with E-state index in [-0.39, 0.29) is 0 Å². The van der Waals surface area contributed by atoms with Crippen LogP contribution in [-0.4, -0.2) is 46.0 Å². The zero-order valence-electron chi connectivity index (χ0n) is 13.1. The first-order chi connectivity index (χ1) is 9.10. The highest BCUT2D eigenvalue weighted by Gasteiger charge is 2.14. The summed E-state index contributed by atoms with van der Waals surface area (Å²) >= 11 is 11.2. The van der Waals surface area contributed by atoms with Gasteiger partial charge in [0.15, 0.2) is 0 Å². The third-order valence-electron chi connectivity index (χ3n) is 2.98. The van der Waals surface area contributed by atoms with Crippen molar-refractivity contribution in [3.63, 3.8) is 0 Å². The molecule has 0 N–H and O–H groups in total. The van der Waals surface area contributed by atoms with E-state index >= 15 is 0 Å². The van der Waals surface area contributed by atoms with Gasteiger partial charge in [-0.1, -0.05) is 52.1 Å². The summed E-state index contributed by atoms with van der Waals surface area (Å²) in [4.78, 5) is 6.67. The summed E-state index contributed by atoms with van der Waals surface area (Å²) in [6, 6.07) is 0. The molecule has 0 bridgehead atoms. The van der Waals surface area contributed by atoms with Crippen molar-refractivity contribution >= 4 is 34.4 Å². The summed E-state index contributed by atoms with van der Waals surface area (Å²) in [6.07, 6.45) is 5.33. The van der Waals surface area contributed by atoms with Gasteiger partial charge in [-0.05, 0) is 25.7 Å². The molecular weight excluding hydrogens is 272 g/mol. The largest absolute Gasteiger partial charge is 0.366 e. The van der Waals surface area contributed by atoms with Crippen molar-refractivity contribution in [3.05, 3.63) is 0 Å². The summed E-state index contributed by atoms with van der Waals surface area (Å²) in [5.41, 5.74) is 0. The predicted molar refractivity (Wildman–Crippen MR) is 94.1 cm³/mol. The van der Waals surface area contributed by atoms with E-state index in [0.717, 1.165) is 68.3 Å². The zero-order chi connectivity index (χ0) is 14.7. The molecule has 0 aliphatic rings. The first kappa shape index (κ1) is 18.8. The van der Waals surface area contributed by atoms with Crippen molar-refractivity contribution in [2.75, 3.05) is 26.2 Å². The number of hydrogen-bond acceptors (Lipinski definition) is 2. The molecule has 0 heterocycles. The summed E-state index contributed by atoms with van der Waals surface area (Å²) in [7, 11) is 0. The second kappa shape index (κ2) is 11.6. The minimum atomic E-state index is 0.769. The summed E-state index contributed by atoms with van der Waals surface area (Å²) in [6.45, 7) is 13.0. The quantitative estimate of drug-likeness (QED) is 0.556. The van der Waals surface area contributed by atoms with Crippen LogP contribution in [0, 0.1) is 0 Å². The van der Waals surface area contributed by atoms with E-state index in [1.54, 1.807) is 0 Å². The van der Waals surface area contributed by atoms with E-state index in [0.29, 0.717) is 0 Å². The molecule has 0 rings (SSSR count). The number of thiocarbonyl (C=S) groups is 2. The molecule has 19 heavy (non-hydrogen) atoms. The second-order valence-electron chi connectivity index (χ2n) is 4.94. The first-order valence-corrected chi connectivity index (χ1v) is 8.47. The maximum Gasteiger partial charge on any atom is 0.0847 e. The van der Waals surface area contributed by atoms with Crippen LogP contribution in [0.25, 0.3) is 0 Å². The van der Waals surface area contributed by atoms with E-state index < -0.39 is 0 Å². The average Bonchev–Trinajstić information content (AvgIpc) is 2.38. The second-order valence-corrected chi connectivity index (χ2v) is 5.88. The number of hydrogen-bond donors (Lipinski definition) is 0. The van der Waals surface area contributed by atoms with Crippen molar-refractivity contribution in [2.45, 2.75) is 59.8 Å². The van der Waals surface area contributed by atoms with Gasteiger partial charge in [-0.25, -0.2) is 0 Å². The first-order valence-electron chi connectivity index (χ1n) is 7.66. The summed E-state index contributed by atoms with van der Waals surface area (Å²) in [5, 5.41) is 0. The van der Waals surface area contributed by atoms with Crippen LogP contribution in [-0.2, 0) is 0 Å². The Hall–Kier alpha value is -0.220. The van der Waals surface area contributed by atoms with Crippen molar-refractivity contribution in [3.8, 4) is 0 Å². The third kappa shape index (κ3) is 7.83. The summed E-state index contributed by atoms with van der Waals surface area (Å²) in [5.74, 6) is 0. The average molecular weight is 303 g/mol. The van der Waals surface area contributed by atoms with Crippen LogP contribution in [0.15, 0.2) is 0 Å². The lowest BCUT2D eigenvalue weighted by atomic mass is 10.2. The van der Waals surface area contributed by atoms with Gasteiger partial charge in [0.05, 0.1) is 9.98 Å². The Morgan fingerprint density at radius 3 is 1.11 bits per heavy atom. The van der Waals surface area contributed by atoms with Gasteiger partial charge in [-0.2, -0.15) is 0 Å². The highest BCUT2D eigenvalue weighted by atomic mass is 32.1. The van der Waals surface area contributed by atoms with Gasteiger partial charge in [0.2, 0.25) is 0 Å². The molecule has 0 spiro atoms. The maximum atomic E-state index is 5.58. The van der Waals surface area contributed by atoms with Gasteiger partial charge >= 0.3 is 0 Å². The Morgan fingerprint density at radius 1 is 0.632 bits per heavy atom. The molecule has 4 heteroatoms. The molecule has 0 aromatic carbocycles. The molecular formula is C15H30N2S2. The van der Waals surface area contributed by atoms with Crippen LogP contribution in [0.3, 0.4) is 0 Å². The number of rotatable bonds is 10. The Bertz CT molecular complexity index is 229. The lowest BCUT2D eigenvalue weighted by Gasteiger charge is -2.28. The third-order valence-corrected chi connectivity index (χ3v) is 3.79. The van der Waals surface area contributed by atoms with Crippen molar-refractivity contribution in [1.82, 2.24) is 9.80 Å². The molecule has 0 aromatic heterocycles. The topological polar surface area (TPSA) is 6.48 Å². The molecule has 0 radical (unpaired) electrons. The fraction of sp³-hybridized carbons (Fsp3) is 0.867. The standard InChI is InChI=1S/C15H30N2S2/c1-5-9-16(10-6-2)14(18)13-15(19)17(11-7-3)12-8-4/h5-13H2,1-4H3. The van der Waals surface area contributed by atoms with E-state index in [4.69, 9.17) is 24.4 Å². The Morgan fingerprint density at radius 2 is 0.895 bits per heavy atom. The number of nitrogens with zero attached hydrogens (tertiary/aromatic N) is 2. The Balaban J connectivity index is 4.43. The van der Waals surface area contributed by atoms with Gasteiger partial charge in [0, 0.05) is 32.6 Å². The van der Waals surface area contributed by atoms with Gasteiger partial charge in [-0.3, -0.25) is 0 Å². The molecule has 0 fully saturated rings. The molecule has 0 aliphatic carbocycles. The van der Waals surface area contributed by atoms with Crippen LogP contribution in [0.1, 0.15) is 59.8 Å². The zero-order valence-corrected chi connectivity index (χ0v) is 14.7. The lowest BCUT2D eigenvalue weighted by molar-refractivity contribution is 0.406. The smallest absolute Gasteiger partial charge is 0.0847 e. The minimum absolute atomic E-state index is 0.769. The molecule has 0 saturated heterocycles. The monoisotopic (exact) mass is 302 g/mol. The van der Waals surface area contributed by atoms with Crippen LogP contribution in [0.5, 0.6) is 0 Å². The molecule has 0 amide bonds. The fourth-order valence-corrected chi connectivity index (χ4v) is 2.89. The Kier molecular flexibility index (Phi) is 11.5. The van der Waals surface area contributed by atoms with Gasteiger partial charge in [0.25, 0.3) is 0 Å². The minimum Gasteiger partial charge on any atom is -0.366 e. The predicted octanol–water partition coefficient (Wildman–Crippen LogP) is 4.28. The Labute approximate surface area is 130 Å². The maximum absolute atomic E-state index is 5.58. The van der Waals surface area contributed by atoms with Gasteiger partial charge in [-0.15, -0.1) is 0 Å². The lowest BCUT2D eigenvalue weighted by Crippen LogP contribution is -2.37. The molecule has 0 atom stereocenters. The SMILES string of the molecule is CCCN(CCC)C(=S)CC(=S)N(CCC)CCC. The van der Waals surface area contributed by atoms with Crippen molar-refractivity contribution in [1.29, 1.82) is 0 Å². The van der Waals surface area contributed by atoms with Crippen LogP contribution >= 0.6 is 24.4 Å². The van der Waals surface area contributed by atoms with Crippen molar-refractivity contribution < 1.29 is 0 Å². The van der Waals surface area contributed by atoms with Gasteiger partial charge < -0.3 is 9.80 Å².